The van der Waals surface area contributed by atoms with Crippen LogP contribution in [0.4, 0.5) is 0 Å². The monoisotopic (exact) mass is 337 g/mol. The Kier molecular flexibility index (Phi) is 7.33. The third kappa shape index (κ3) is 5.79. The number of guanidine groups is 1. The van der Waals surface area contributed by atoms with Crippen molar-refractivity contribution in [3.05, 3.63) is 22.4 Å². The Morgan fingerprint density at radius 2 is 2.22 bits per heavy atom. The van der Waals surface area contributed by atoms with Crippen LogP contribution in [0.1, 0.15) is 24.6 Å². The summed E-state index contributed by atoms with van der Waals surface area (Å²) >= 11 is 1.81. The van der Waals surface area contributed by atoms with Gasteiger partial charge in [-0.2, -0.15) is 0 Å². The second kappa shape index (κ2) is 9.25. The van der Waals surface area contributed by atoms with E-state index < -0.39 is 0 Å². The van der Waals surface area contributed by atoms with E-state index in [2.05, 4.69) is 65.9 Å². The van der Waals surface area contributed by atoms with Crippen LogP contribution >= 0.6 is 11.3 Å². The molecule has 0 radical (unpaired) electrons. The fraction of sp³-hybridized carbons (Fsp3) is 0.706. The molecule has 1 aliphatic rings. The molecule has 1 aromatic heterocycles. The first-order chi connectivity index (χ1) is 11.1. The van der Waals surface area contributed by atoms with Gasteiger partial charge in [-0.15, -0.1) is 11.3 Å². The highest BCUT2D eigenvalue weighted by molar-refractivity contribution is 7.10. The van der Waals surface area contributed by atoms with E-state index in [0.717, 1.165) is 45.2 Å². The first-order valence-corrected chi connectivity index (χ1v) is 9.42. The summed E-state index contributed by atoms with van der Waals surface area (Å²) in [5.41, 5.74) is 0. The lowest BCUT2D eigenvalue weighted by molar-refractivity contribution is 0.116. The molecule has 23 heavy (non-hydrogen) atoms. The number of piperazine rings is 1. The molecule has 1 fully saturated rings. The number of thiophene rings is 1. The quantitative estimate of drug-likeness (QED) is 0.612. The van der Waals surface area contributed by atoms with Gasteiger partial charge in [0.15, 0.2) is 5.96 Å². The number of rotatable bonds is 6. The summed E-state index contributed by atoms with van der Waals surface area (Å²) in [5.74, 6) is 1.39. The Hall–Kier alpha value is -1.11. The number of nitrogens with one attached hydrogen (secondary N) is 2. The van der Waals surface area contributed by atoms with Gasteiger partial charge in [-0.05, 0) is 32.5 Å². The van der Waals surface area contributed by atoms with E-state index in [1.54, 1.807) is 0 Å². The van der Waals surface area contributed by atoms with E-state index in [-0.39, 0.29) is 0 Å². The van der Waals surface area contributed by atoms with Crippen LogP contribution in [0.5, 0.6) is 0 Å². The van der Waals surface area contributed by atoms with E-state index in [1.807, 2.05) is 11.3 Å². The van der Waals surface area contributed by atoms with Crippen LogP contribution in [0.15, 0.2) is 22.5 Å². The van der Waals surface area contributed by atoms with E-state index in [9.17, 15) is 0 Å². The minimum Gasteiger partial charge on any atom is -0.357 e. The van der Waals surface area contributed by atoms with E-state index in [4.69, 9.17) is 4.99 Å². The van der Waals surface area contributed by atoms with Gasteiger partial charge in [-0.25, -0.2) is 0 Å². The van der Waals surface area contributed by atoms with E-state index in [1.165, 1.54) is 4.88 Å². The summed E-state index contributed by atoms with van der Waals surface area (Å²) in [6, 6.07) is 4.84. The fourth-order valence-electron chi connectivity index (χ4n) is 2.77. The summed E-state index contributed by atoms with van der Waals surface area (Å²) < 4.78 is 0. The molecule has 0 bridgehead atoms. The standard InChI is InChI=1S/C17H31N5S/c1-5-18-17(19-11-14(2)16-7-6-10-23-16)20-12-15-13-21(3)8-9-22(15)4/h6-7,10,14-15H,5,8-9,11-13H2,1-4H3,(H2,18,19,20). The zero-order chi connectivity index (χ0) is 16.7. The van der Waals surface area contributed by atoms with Gasteiger partial charge in [0.05, 0.1) is 6.54 Å². The summed E-state index contributed by atoms with van der Waals surface area (Å²) in [6.45, 7) is 10.4. The van der Waals surface area contributed by atoms with Crippen LogP contribution in [-0.4, -0.2) is 75.2 Å². The molecule has 2 N–H and O–H groups in total. The minimum absolute atomic E-state index is 0.467. The summed E-state index contributed by atoms with van der Waals surface area (Å²) in [4.78, 5) is 11.0. The second-order valence-corrected chi connectivity index (χ2v) is 7.39. The highest BCUT2D eigenvalue weighted by Crippen LogP contribution is 2.20. The summed E-state index contributed by atoms with van der Waals surface area (Å²) in [7, 11) is 4.41. The first-order valence-electron chi connectivity index (χ1n) is 8.54. The predicted molar refractivity (Wildman–Crippen MR) is 101 cm³/mol. The van der Waals surface area contributed by atoms with Gasteiger partial charge in [0.2, 0.25) is 0 Å². The summed E-state index contributed by atoms with van der Waals surface area (Å²) in [6.07, 6.45) is 0. The van der Waals surface area contributed by atoms with Crippen molar-refractivity contribution in [1.29, 1.82) is 0 Å². The SMILES string of the molecule is CCNC(=NCC(C)c1cccs1)NCC1CN(C)CCN1C. The van der Waals surface area contributed by atoms with Crippen molar-refractivity contribution in [3.8, 4) is 0 Å². The Bertz CT molecular complexity index is 473. The lowest BCUT2D eigenvalue weighted by Crippen LogP contribution is -2.55. The molecule has 2 unspecified atom stereocenters. The lowest BCUT2D eigenvalue weighted by atomic mass is 10.1. The molecule has 0 amide bonds. The molecule has 1 aliphatic heterocycles. The molecule has 0 aliphatic carbocycles. The van der Waals surface area contributed by atoms with E-state index >= 15 is 0 Å². The zero-order valence-electron chi connectivity index (χ0n) is 14.9. The molecule has 2 rings (SSSR count). The largest absolute Gasteiger partial charge is 0.357 e. The maximum absolute atomic E-state index is 4.77. The van der Waals surface area contributed by atoms with Crippen molar-refractivity contribution in [1.82, 2.24) is 20.4 Å². The Morgan fingerprint density at radius 1 is 1.39 bits per heavy atom. The van der Waals surface area contributed by atoms with Gasteiger partial charge in [-0.3, -0.25) is 9.89 Å². The molecule has 0 spiro atoms. The van der Waals surface area contributed by atoms with E-state index in [0.29, 0.717) is 12.0 Å². The Labute approximate surface area is 144 Å². The molecular weight excluding hydrogens is 306 g/mol. The lowest BCUT2D eigenvalue weighted by Gasteiger charge is -2.37. The average molecular weight is 338 g/mol. The summed E-state index contributed by atoms with van der Waals surface area (Å²) in [5, 5.41) is 9.01. The van der Waals surface area contributed by atoms with Crippen molar-refractivity contribution >= 4 is 17.3 Å². The van der Waals surface area contributed by atoms with Crippen LogP contribution in [0.25, 0.3) is 0 Å². The van der Waals surface area contributed by atoms with Crippen molar-refractivity contribution in [2.75, 3.05) is 53.4 Å². The molecule has 5 nitrogen and oxygen atoms in total. The maximum Gasteiger partial charge on any atom is 0.191 e. The molecule has 6 heteroatoms. The van der Waals surface area contributed by atoms with Gasteiger partial charge in [0, 0.05) is 49.6 Å². The molecule has 2 heterocycles. The van der Waals surface area contributed by atoms with Crippen molar-refractivity contribution < 1.29 is 0 Å². The number of aliphatic imine (C=N–C) groups is 1. The number of hydrogen-bond acceptors (Lipinski definition) is 4. The molecule has 0 saturated carbocycles. The molecule has 130 valence electrons. The van der Waals surface area contributed by atoms with Crippen LogP contribution in [-0.2, 0) is 0 Å². The smallest absolute Gasteiger partial charge is 0.191 e. The van der Waals surface area contributed by atoms with Gasteiger partial charge in [0.25, 0.3) is 0 Å². The second-order valence-electron chi connectivity index (χ2n) is 6.41. The molecular formula is C17H31N5S. The maximum atomic E-state index is 4.77. The molecule has 1 saturated heterocycles. The normalized spacial score (nSPS) is 22.1. The van der Waals surface area contributed by atoms with Crippen molar-refractivity contribution in [3.63, 3.8) is 0 Å². The minimum atomic E-state index is 0.467. The zero-order valence-corrected chi connectivity index (χ0v) is 15.7. The fourth-order valence-corrected chi connectivity index (χ4v) is 3.55. The van der Waals surface area contributed by atoms with Crippen molar-refractivity contribution in [2.24, 2.45) is 4.99 Å². The van der Waals surface area contributed by atoms with Gasteiger partial charge < -0.3 is 15.5 Å². The third-order valence-electron chi connectivity index (χ3n) is 4.38. The predicted octanol–water partition coefficient (Wildman–Crippen LogP) is 1.65. The van der Waals surface area contributed by atoms with Gasteiger partial charge in [-0.1, -0.05) is 13.0 Å². The number of nitrogens with zero attached hydrogens (tertiary/aromatic N) is 3. The molecule has 0 aromatic carbocycles. The van der Waals surface area contributed by atoms with Gasteiger partial charge in [0.1, 0.15) is 0 Å². The number of hydrogen-bond donors (Lipinski definition) is 2. The van der Waals surface area contributed by atoms with Gasteiger partial charge >= 0.3 is 0 Å². The molecule has 2 atom stereocenters. The average Bonchev–Trinajstić information content (AvgIpc) is 3.07. The first kappa shape index (κ1) is 18.2. The highest BCUT2D eigenvalue weighted by atomic mass is 32.1. The third-order valence-corrected chi connectivity index (χ3v) is 5.49. The highest BCUT2D eigenvalue weighted by Gasteiger charge is 2.22. The number of likely N-dealkylation sites (N-methyl/N-ethyl adjacent to an activating group) is 2. The van der Waals surface area contributed by atoms with Crippen molar-refractivity contribution in [2.45, 2.75) is 25.8 Å². The van der Waals surface area contributed by atoms with Crippen LogP contribution < -0.4 is 10.6 Å². The Morgan fingerprint density at radius 3 is 2.91 bits per heavy atom. The van der Waals surface area contributed by atoms with Crippen LogP contribution in [0, 0.1) is 0 Å². The molecule has 1 aromatic rings. The van der Waals surface area contributed by atoms with Crippen LogP contribution in [0.3, 0.4) is 0 Å². The van der Waals surface area contributed by atoms with Crippen LogP contribution in [0.2, 0.25) is 0 Å². The topological polar surface area (TPSA) is 42.9 Å². The Balaban J connectivity index is 1.86.